The number of hydrogen-bond donors (Lipinski definition) is 4. The van der Waals surface area contributed by atoms with Crippen molar-refractivity contribution in [2.45, 2.75) is 25.2 Å². The van der Waals surface area contributed by atoms with E-state index >= 15 is 0 Å². The van der Waals surface area contributed by atoms with Crippen molar-refractivity contribution in [1.82, 2.24) is 20.9 Å². The Morgan fingerprint density at radius 2 is 2.13 bits per heavy atom. The van der Waals surface area contributed by atoms with Gasteiger partial charge in [-0.05, 0) is 49.9 Å². The molecule has 1 aromatic heterocycles. The van der Waals surface area contributed by atoms with Crippen LogP contribution in [0.15, 0.2) is 29.3 Å². The topological polar surface area (TPSA) is 102 Å². The number of carbonyl (C=O) groups excluding carboxylic acids is 1. The summed E-state index contributed by atoms with van der Waals surface area (Å²) >= 11 is 1.36. The number of amides is 1. The molecule has 0 saturated carbocycles. The second kappa shape index (κ2) is 8.94. The number of para-hydroxylation sites is 1. The minimum Gasteiger partial charge on any atom is -0.396 e. The molecular formula is C22H28N6O2S. The maximum atomic E-state index is 12.8. The zero-order valence-corrected chi connectivity index (χ0v) is 18.2. The van der Waals surface area contributed by atoms with Crippen molar-refractivity contribution in [2.75, 3.05) is 44.4 Å². The second-order valence-electron chi connectivity index (χ2n) is 8.30. The Kier molecular flexibility index (Phi) is 5.89. The van der Waals surface area contributed by atoms with Gasteiger partial charge >= 0.3 is 0 Å². The zero-order chi connectivity index (χ0) is 21.2. The molecule has 1 atom stereocenters. The van der Waals surface area contributed by atoms with E-state index in [1.807, 2.05) is 12.1 Å². The number of piperidine rings is 1. The minimum atomic E-state index is -0.118. The van der Waals surface area contributed by atoms with Gasteiger partial charge in [-0.3, -0.25) is 9.79 Å². The van der Waals surface area contributed by atoms with Gasteiger partial charge in [0.2, 0.25) is 0 Å². The van der Waals surface area contributed by atoms with Crippen LogP contribution in [0.2, 0.25) is 0 Å². The molecule has 0 radical (unpaired) electrons. The van der Waals surface area contributed by atoms with Crippen LogP contribution in [-0.2, 0) is 0 Å². The Bertz CT molecular complexity index is 1080. The normalized spacial score (nSPS) is 20.6. The van der Waals surface area contributed by atoms with Crippen LogP contribution in [0.3, 0.4) is 0 Å². The lowest BCUT2D eigenvalue weighted by atomic mass is 9.98. The first-order valence-corrected chi connectivity index (χ1v) is 11.8. The summed E-state index contributed by atoms with van der Waals surface area (Å²) < 4.78 is 0.795. The molecule has 1 unspecified atom stereocenters. The molecular weight excluding hydrogens is 412 g/mol. The molecule has 1 amide bonds. The molecule has 5 rings (SSSR count). The van der Waals surface area contributed by atoms with Crippen LogP contribution in [0.1, 0.15) is 40.5 Å². The molecule has 164 valence electrons. The molecule has 1 fully saturated rings. The van der Waals surface area contributed by atoms with Gasteiger partial charge in [-0.1, -0.05) is 29.5 Å². The van der Waals surface area contributed by atoms with Crippen LogP contribution in [0, 0.1) is 5.92 Å². The smallest absolute Gasteiger partial charge is 0.280 e. The molecule has 4 N–H and O–H groups in total. The van der Waals surface area contributed by atoms with Gasteiger partial charge in [-0.15, -0.1) is 0 Å². The van der Waals surface area contributed by atoms with Crippen molar-refractivity contribution in [1.29, 1.82) is 0 Å². The van der Waals surface area contributed by atoms with Crippen LogP contribution < -0.4 is 30.9 Å². The lowest BCUT2D eigenvalue weighted by molar-refractivity contribution is 0.0943. The Morgan fingerprint density at radius 1 is 1.29 bits per heavy atom. The molecule has 0 aliphatic carbocycles. The number of rotatable bonds is 6. The van der Waals surface area contributed by atoms with Gasteiger partial charge in [-0.2, -0.15) is 0 Å². The van der Waals surface area contributed by atoms with Crippen molar-refractivity contribution < 1.29 is 9.90 Å². The molecule has 0 bridgehead atoms. The number of aromatic nitrogens is 1. The van der Waals surface area contributed by atoms with E-state index in [1.54, 1.807) is 0 Å². The molecule has 4 heterocycles. The molecule has 3 aliphatic heterocycles. The summed E-state index contributed by atoms with van der Waals surface area (Å²) in [5, 5.41) is 20.5. The number of aliphatic hydroxyl groups is 1. The van der Waals surface area contributed by atoms with Gasteiger partial charge in [0.15, 0.2) is 5.01 Å². The average Bonchev–Trinajstić information content (AvgIpc) is 3.41. The highest BCUT2D eigenvalue weighted by Gasteiger charge is 2.31. The average molecular weight is 441 g/mol. The van der Waals surface area contributed by atoms with Gasteiger partial charge in [0, 0.05) is 31.3 Å². The SMILES string of the molecule is O=C(NCC1CCNCC1)c1nc2c(s1)=NCNC=2N1CC(CCO)c2ccccc21. The fourth-order valence-corrected chi connectivity index (χ4v) is 5.53. The van der Waals surface area contributed by atoms with Gasteiger partial charge in [0.1, 0.15) is 22.5 Å². The van der Waals surface area contributed by atoms with E-state index in [2.05, 4.69) is 38.0 Å². The van der Waals surface area contributed by atoms with Crippen LogP contribution in [0.25, 0.3) is 5.82 Å². The van der Waals surface area contributed by atoms with Gasteiger partial charge < -0.3 is 26.0 Å². The Labute approximate surface area is 185 Å². The Morgan fingerprint density at radius 3 is 2.97 bits per heavy atom. The maximum Gasteiger partial charge on any atom is 0.280 e. The van der Waals surface area contributed by atoms with Crippen molar-refractivity contribution in [3.63, 3.8) is 0 Å². The number of thiazole rings is 1. The van der Waals surface area contributed by atoms with E-state index < -0.39 is 0 Å². The molecule has 3 aliphatic rings. The fraction of sp³-hybridized carbons (Fsp3) is 0.500. The molecule has 0 spiro atoms. The lowest BCUT2D eigenvalue weighted by Crippen LogP contribution is -2.44. The fourth-order valence-electron chi connectivity index (χ4n) is 4.67. The predicted octanol–water partition coefficient (Wildman–Crippen LogP) is 0.105. The quantitative estimate of drug-likeness (QED) is 0.509. The van der Waals surface area contributed by atoms with E-state index in [-0.39, 0.29) is 18.4 Å². The van der Waals surface area contributed by atoms with E-state index in [0.29, 0.717) is 24.1 Å². The van der Waals surface area contributed by atoms with E-state index in [4.69, 9.17) is 4.98 Å². The Balaban J connectivity index is 1.42. The van der Waals surface area contributed by atoms with E-state index in [1.165, 1.54) is 16.9 Å². The van der Waals surface area contributed by atoms with E-state index in [9.17, 15) is 9.90 Å². The highest BCUT2D eigenvalue weighted by Crippen LogP contribution is 2.39. The molecule has 1 saturated heterocycles. The number of hydrogen-bond acceptors (Lipinski definition) is 8. The van der Waals surface area contributed by atoms with Crippen LogP contribution in [-0.4, -0.2) is 55.5 Å². The summed E-state index contributed by atoms with van der Waals surface area (Å²) in [6, 6.07) is 8.31. The summed E-state index contributed by atoms with van der Waals surface area (Å²) in [4.78, 5) is 24.2. The summed E-state index contributed by atoms with van der Waals surface area (Å²) in [6.45, 7) is 4.13. The van der Waals surface area contributed by atoms with Crippen LogP contribution in [0.4, 0.5) is 5.69 Å². The monoisotopic (exact) mass is 440 g/mol. The third-order valence-electron chi connectivity index (χ3n) is 6.32. The third kappa shape index (κ3) is 4.05. The lowest BCUT2D eigenvalue weighted by Gasteiger charge is -2.24. The summed E-state index contributed by atoms with van der Waals surface area (Å²) in [6.07, 6.45) is 2.91. The number of benzene rings is 1. The van der Waals surface area contributed by atoms with Gasteiger partial charge in [0.25, 0.3) is 5.91 Å². The van der Waals surface area contributed by atoms with Crippen molar-refractivity contribution in [3.8, 4) is 0 Å². The van der Waals surface area contributed by atoms with E-state index in [0.717, 1.165) is 60.4 Å². The Hall–Kier alpha value is -2.49. The number of aliphatic hydroxyl groups excluding tert-OH is 1. The summed E-state index contributed by atoms with van der Waals surface area (Å²) in [5.41, 5.74) is 2.37. The van der Waals surface area contributed by atoms with Crippen molar-refractivity contribution in [3.05, 3.63) is 44.9 Å². The van der Waals surface area contributed by atoms with Crippen LogP contribution in [0.5, 0.6) is 0 Å². The van der Waals surface area contributed by atoms with Gasteiger partial charge in [-0.25, -0.2) is 4.98 Å². The molecule has 8 nitrogen and oxygen atoms in total. The third-order valence-corrected chi connectivity index (χ3v) is 7.31. The highest BCUT2D eigenvalue weighted by molar-refractivity contribution is 7.11. The minimum absolute atomic E-state index is 0.118. The first-order valence-electron chi connectivity index (χ1n) is 11.0. The number of nitrogens with zero attached hydrogens (tertiary/aromatic N) is 3. The summed E-state index contributed by atoms with van der Waals surface area (Å²) in [7, 11) is 0. The van der Waals surface area contributed by atoms with Gasteiger partial charge in [0.05, 0.1) is 0 Å². The predicted molar refractivity (Wildman–Crippen MR) is 120 cm³/mol. The summed E-state index contributed by atoms with van der Waals surface area (Å²) in [5.74, 6) is 1.57. The van der Waals surface area contributed by atoms with Crippen LogP contribution >= 0.6 is 11.3 Å². The second-order valence-corrected chi connectivity index (χ2v) is 9.27. The van der Waals surface area contributed by atoms with Crippen molar-refractivity contribution in [2.24, 2.45) is 10.9 Å². The number of anilines is 1. The molecule has 9 heteroatoms. The number of nitrogens with one attached hydrogen (secondary N) is 3. The largest absolute Gasteiger partial charge is 0.396 e. The molecule has 31 heavy (non-hydrogen) atoms. The molecule has 1 aromatic carbocycles. The standard InChI is InChI=1S/C22H28N6O2S/c29-10-7-15-12-28(17-4-2-1-3-16(15)17)19-18-21(26-13-25-19)31-22(27-18)20(30)24-11-14-5-8-23-9-6-14/h1-4,14-15,23,25,29H,5-13H2,(H,24,30). The molecule has 2 aromatic rings. The first kappa shape index (κ1) is 20.4. The zero-order valence-electron chi connectivity index (χ0n) is 17.4. The first-order chi connectivity index (χ1) is 15.2. The highest BCUT2D eigenvalue weighted by atomic mass is 32.1. The number of fused-ring (bicyclic) bond motifs is 2. The maximum absolute atomic E-state index is 12.8. The number of carbonyl (C=O) groups is 1. The van der Waals surface area contributed by atoms with Crippen molar-refractivity contribution >= 4 is 28.8 Å².